The van der Waals surface area contributed by atoms with Gasteiger partial charge in [-0.2, -0.15) is 0 Å². The minimum absolute atomic E-state index is 0.0964. The lowest BCUT2D eigenvalue weighted by molar-refractivity contribution is -0.142. The smallest absolute Gasteiger partial charge is 0.318 e. The molecule has 112 valence electrons. The molecular weight excluding hydrogens is 266 g/mol. The van der Waals surface area contributed by atoms with Gasteiger partial charge in [0.2, 0.25) is 5.91 Å². The lowest BCUT2D eigenvalue weighted by atomic mass is 10.0. The van der Waals surface area contributed by atoms with Crippen LogP contribution in [0.3, 0.4) is 0 Å². The number of carbonyl (C=O) groups is 3. The van der Waals surface area contributed by atoms with Gasteiger partial charge in [-0.05, 0) is 12.8 Å². The van der Waals surface area contributed by atoms with Gasteiger partial charge < -0.3 is 25.4 Å². The van der Waals surface area contributed by atoms with Gasteiger partial charge >= 0.3 is 12.0 Å². The quantitative estimate of drug-likeness (QED) is 0.617. The van der Waals surface area contributed by atoms with E-state index in [1.165, 1.54) is 11.9 Å². The molecule has 0 bridgehead atoms. The molecule has 3 N–H and O–H groups in total. The Bertz CT molecular complexity index is 414. The highest BCUT2D eigenvalue weighted by atomic mass is 16.5. The molecule has 0 aromatic rings. The van der Waals surface area contributed by atoms with Gasteiger partial charge in [0, 0.05) is 13.6 Å². The van der Waals surface area contributed by atoms with Crippen molar-refractivity contribution in [2.24, 2.45) is 5.92 Å². The van der Waals surface area contributed by atoms with Gasteiger partial charge in [0.15, 0.2) is 0 Å². The summed E-state index contributed by atoms with van der Waals surface area (Å²) in [6, 6.07) is -1.44. The maximum absolute atomic E-state index is 12.2. The number of hydrogen-bond acceptors (Lipinski definition) is 4. The van der Waals surface area contributed by atoms with Gasteiger partial charge in [-0.1, -0.05) is 0 Å². The Balaban J connectivity index is 1.97. The van der Waals surface area contributed by atoms with E-state index in [1.54, 1.807) is 0 Å². The van der Waals surface area contributed by atoms with Crippen molar-refractivity contribution in [3.8, 4) is 0 Å². The summed E-state index contributed by atoms with van der Waals surface area (Å²) in [4.78, 5) is 36.4. The van der Waals surface area contributed by atoms with Crippen LogP contribution >= 0.6 is 0 Å². The lowest BCUT2D eigenvalue weighted by Crippen LogP contribution is -2.53. The first-order valence-corrected chi connectivity index (χ1v) is 6.64. The second kappa shape index (κ2) is 6.08. The zero-order valence-electron chi connectivity index (χ0n) is 11.3. The molecule has 2 heterocycles. The fourth-order valence-corrected chi connectivity index (χ4v) is 2.63. The molecule has 3 amide bonds. The molecule has 0 aromatic carbocycles. The molecule has 0 radical (unpaired) electrons. The molecule has 20 heavy (non-hydrogen) atoms. The molecule has 8 nitrogen and oxygen atoms in total. The number of urea groups is 1. The highest BCUT2D eigenvalue weighted by molar-refractivity contribution is 5.87. The first-order valence-electron chi connectivity index (χ1n) is 6.64. The minimum atomic E-state index is -0.989. The van der Waals surface area contributed by atoms with E-state index in [1.807, 2.05) is 0 Å². The summed E-state index contributed by atoms with van der Waals surface area (Å²) >= 11 is 0. The molecule has 8 heteroatoms. The number of hydrogen-bond donors (Lipinski definition) is 3. The third-order valence-corrected chi connectivity index (χ3v) is 3.77. The number of nitrogens with zero attached hydrogens (tertiary/aromatic N) is 1. The molecular formula is C12H19N3O5. The molecule has 2 fully saturated rings. The summed E-state index contributed by atoms with van der Waals surface area (Å²) in [6.45, 7) is 0.773. The first-order chi connectivity index (χ1) is 9.54. The zero-order chi connectivity index (χ0) is 14.7. The van der Waals surface area contributed by atoms with E-state index in [9.17, 15) is 14.4 Å². The second-order valence-corrected chi connectivity index (χ2v) is 5.00. The minimum Gasteiger partial charge on any atom is -0.481 e. The van der Waals surface area contributed by atoms with Crippen LogP contribution in [-0.4, -0.2) is 66.8 Å². The number of carboxylic acids is 1. The van der Waals surface area contributed by atoms with Crippen molar-refractivity contribution in [2.75, 3.05) is 26.8 Å². The van der Waals surface area contributed by atoms with Crippen LogP contribution in [0, 0.1) is 5.92 Å². The molecule has 2 rings (SSSR count). The number of amides is 3. The molecule has 0 saturated carbocycles. The van der Waals surface area contributed by atoms with Gasteiger partial charge in [0.25, 0.3) is 0 Å². The van der Waals surface area contributed by atoms with E-state index in [4.69, 9.17) is 9.84 Å². The van der Waals surface area contributed by atoms with Crippen LogP contribution in [0.2, 0.25) is 0 Å². The number of carbonyl (C=O) groups excluding carboxylic acids is 2. The monoisotopic (exact) mass is 285 g/mol. The Hall–Kier alpha value is -1.83. The Kier molecular flexibility index (Phi) is 4.43. The summed E-state index contributed by atoms with van der Waals surface area (Å²) in [7, 11) is 1.53. The standard InChI is InChI=1S/C12H19N3O5/c1-13-10(16)9-3-2-4-15(9)12(19)14-8-6-20-5-7(8)11(17)18/h7-9H,2-6H2,1H3,(H,13,16)(H,14,19)(H,17,18). The van der Waals surface area contributed by atoms with Gasteiger partial charge in [0.05, 0.1) is 19.3 Å². The molecule has 2 aliphatic rings. The highest BCUT2D eigenvalue weighted by Crippen LogP contribution is 2.19. The molecule has 0 aromatic heterocycles. The molecule has 2 saturated heterocycles. The second-order valence-electron chi connectivity index (χ2n) is 5.00. The summed E-state index contributed by atoms with van der Waals surface area (Å²) in [5.74, 6) is -1.92. The van der Waals surface area contributed by atoms with E-state index in [2.05, 4.69) is 10.6 Å². The Morgan fingerprint density at radius 1 is 1.30 bits per heavy atom. The van der Waals surface area contributed by atoms with Crippen LogP contribution < -0.4 is 10.6 Å². The first kappa shape index (κ1) is 14.6. The van der Waals surface area contributed by atoms with Gasteiger partial charge in [-0.25, -0.2) is 4.79 Å². The van der Waals surface area contributed by atoms with Crippen molar-refractivity contribution in [1.82, 2.24) is 15.5 Å². The van der Waals surface area contributed by atoms with Crippen molar-refractivity contribution in [2.45, 2.75) is 24.9 Å². The van der Waals surface area contributed by atoms with Crippen molar-refractivity contribution < 1.29 is 24.2 Å². The third-order valence-electron chi connectivity index (χ3n) is 3.77. The predicted molar refractivity (Wildman–Crippen MR) is 68.1 cm³/mol. The summed E-state index contributed by atoms with van der Waals surface area (Å²) in [5.41, 5.74) is 0. The topological polar surface area (TPSA) is 108 Å². The van der Waals surface area contributed by atoms with Crippen LogP contribution in [0.1, 0.15) is 12.8 Å². The number of aliphatic carboxylic acids is 1. The van der Waals surface area contributed by atoms with E-state index in [0.29, 0.717) is 13.0 Å². The number of rotatable bonds is 3. The number of likely N-dealkylation sites (N-methyl/N-ethyl adjacent to an activating group) is 1. The molecule has 2 aliphatic heterocycles. The molecule has 3 unspecified atom stereocenters. The SMILES string of the molecule is CNC(=O)C1CCCN1C(=O)NC1COCC1C(=O)O. The number of ether oxygens (including phenoxy) is 1. The van der Waals surface area contributed by atoms with Crippen molar-refractivity contribution in [3.05, 3.63) is 0 Å². The van der Waals surface area contributed by atoms with Gasteiger partial charge in [0.1, 0.15) is 12.0 Å². The molecule has 0 aliphatic carbocycles. The van der Waals surface area contributed by atoms with E-state index >= 15 is 0 Å². The van der Waals surface area contributed by atoms with Gasteiger partial charge in [-0.3, -0.25) is 9.59 Å². The van der Waals surface area contributed by atoms with Gasteiger partial charge in [-0.15, -0.1) is 0 Å². The Labute approximate surface area is 116 Å². The molecule has 0 spiro atoms. The number of likely N-dealkylation sites (tertiary alicyclic amines) is 1. The van der Waals surface area contributed by atoms with Crippen LogP contribution in [0.5, 0.6) is 0 Å². The average Bonchev–Trinajstić information content (AvgIpc) is 3.05. The lowest BCUT2D eigenvalue weighted by Gasteiger charge is -2.26. The number of nitrogens with one attached hydrogen (secondary N) is 2. The average molecular weight is 285 g/mol. The summed E-state index contributed by atoms with van der Waals surface area (Å²) in [5, 5.41) is 14.2. The molecule has 3 atom stereocenters. The van der Waals surface area contributed by atoms with Crippen LogP contribution in [0.4, 0.5) is 4.79 Å². The predicted octanol–water partition coefficient (Wildman–Crippen LogP) is -0.994. The fraction of sp³-hybridized carbons (Fsp3) is 0.750. The fourth-order valence-electron chi connectivity index (χ4n) is 2.63. The van der Waals surface area contributed by atoms with E-state index < -0.39 is 30.0 Å². The Morgan fingerprint density at radius 2 is 2.05 bits per heavy atom. The van der Waals surface area contributed by atoms with Crippen LogP contribution in [0.25, 0.3) is 0 Å². The van der Waals surface area contributed by atoms with Crippen LogP contribution in [0.15, 0.2) is 0 Å². The maximum Gasteiger partial charge on any atom is 0.318 e. The maximum atomic E-state index is 12.2. The Morgan fingerprint density at radius 3 is 2.70 bits per heavy atom. The largest absolute Gasteiger partial charge is 0.481 e. The zero-order valence-corrected chi connectivity index (χ0v) is 11.3. The third kappa shape index (κ3) is 2.84. The van der Waals surface area contributed by atoms with Crippen molar-refractivity contribution >= 4 is 17.9 Å². The van der Waals surface area contributed by atoms with Crippen LogP contribution in [-0.2, 0) is 14.3 Å². The highest BCUT2D eigenvalue weighted by Gasteiger charge is 2.39. The van der Waals surface area contributed by atoms with Crippen molar-refractivity contribution in [1.29, 1.82) is 0 Å². The summed E-state index contributed by atoms with van der Waals surface area (Å²) in [6.07, 6.45) is 1.38. The van der Waals surface area contributed by atoms with Crippen molar-refractivity contribution in [3.63, 3.8) is 0 Å². The number of carboxylic acid groups (broad SMARTS) is 1. The summed E-state index contributed by atoms with van der Waals surface area (Å²) < 4.78 is 5.10. The van der Waals surface area contributed by atoms with E-state index in [0.717, 1.165) is 6.42 Å². The normalized spacial score (nSPS) is 29.2. The van der Waals surface area contributed by atoms with E-state index in [-0.39, 0.29) is 19.1 Å².